The van der Waals surface area contributed by atoms with Gasteiger partial charge in [0, 0.05) is 16.8 Å². The Morgan fingerprint density at radius 3 is 2.43 bits per heavy atom. The van der Waals surface area contributed by atoms with Crippen molar-refractivity contribution in [1.29, 1.82) is 0 Å². The van der Waals surface area contributed by atoms with Gasteiger partial charge in [-0.25, -0.2) is 4.98 Å². The van der Waals surface area contributed by atoms with Gasteiger partial charge in [-0.2, -0.15) is 5.10 Å². The van der Waals surface area contributed by atoms with Crippen LogP contribution in [0.25, 0.3) is 22.2 Å². The molecule has 0 unspecified atom stereocenters. The number of carbonyl (C=O) groups is 1. The molecule has 4 N–H and O–H groups in total. The fraction of sp³-hybridized carbons (Fsp3) is 0.208. The molecule has 0 saturated carbocycles. The Bertz CT molecular complexity index is 1190. The molecule has 1 amide bonds. The molecular weight excluding hydrogens is 374 g/mol. The Kier molecular flexibility index (Phi) is 4.99. The first-order valence-electron chi connectivity index (χ1n) is 9.90. The summed E-state index contributed by atoms with van der Waals surface area (Å²) in [6.45, 7) is 6.35. The third-order valence-corrected chi connectivity index (χ3v) is 5.01. The number of amides is 1. The van der Waals surface area contributed by atoms with Crippen LogP contribution in [0.3, 0.4) is 0 Å². The van der Waals surface area contributed by atoms with Gasteiger partial charge in [0.05, 0.1) is 11.8 Å². The predicted molar refractivity (Wildman–Crippen MR) is 121 cm³/mol. The van der Waals surface area contributed by atoms with Crippen molar-refractivity contribution in [2.75, 3.05) is 11.1 Å². The van der Waals surface area contributed by atoms with Crippen molar-refractivity contribution in [1.82, 2.24) is 15.2 Å². The smallest absolute Gasteiger partial charge is 0.228 e. The van der Waals surface area contributed by atoms with Crippen molar-refractivity contribution in [3.8, 4) is 11.1 Å². The fourth-order valence-corrected chi connectivity index (χ4v) is 3.38. The van der Waals surface area contributed by atoms with Crippen LogP contribution in [-0.4, -0.2) is 21.1 Å². The predicted octanol–water partition coefficient (Wildman–Crippen LogP) is 4.69. The minimum Gasteiger partial charge on any atom is -0.383 e. The van der Waals surface area contributed by atoms with Crippen LogP contribution in [0.2, 0.25) is 0 Å². The van der Waals surface area contributed by atoms with Crippen LogP contribution in [-0.2, 0) is 16.6 Å². The number of rotatable bonds is 4. The first-order valence-corrected chi connectivity index (χ1v) is 9.90. The number of nitrogen functional groups attached to an aromatic ring is 1. The van der Waals surface area contributed by atoms with E-state index in [4.69, 9.17) is 5.73 Å². The zero-order valence-electron chi connectivity index (χ0n) is 17.4. The highest BCUT2D eigenvalue weighted by molar-refractivity contribution is 6.00. The lowest BCUT2D eigenvalue weighted by Gasteiger charge is -2.19. The number of nitrogens with zero attached hydrogens (tertiary/aromatic N) is 2. The van der Waals surface area contributed by atoms with Crippen molar-refractivity contribution < 1.29 is 4.79 Å². The summed E-state index contributed by atoms with van der Waals surface area (Å²) >= 11 is 0. The van der Waals surface area contributed by atoms with E-state index in [0.717, 1.165) is 33.5 Å². The number of carbonyl (C=O) groups excluding carboxylic acids is 1. The summed E-state index contributed by atoms with van der Waals surface area (Å²) < 4.78 is 0. The summed E-state index contributed by atoms with van der Waals surface area (Å²) in [5, 5.41) is 10.9. The molecule has 4 rings (SSSR count). The highest BCUT2D eigenvalue weighted by Gasteiger charge is 2.21. The average Bonchev–Trinajstić information content (AvgIpc) is 3.09. The SMILES string of the molecule is CC(C)(C)c1cc(-c2ccc(NC(=O)Cc3ccccc3)cc2)c2c(N)[nH]nc2n1. The molecule has 0 aliphatic heterocycles. The van der Waals surface area contributed by atoms with Gasteiger partial charge in [-0.15, -0.1) is 0 Å². The molecule has 0 bridgehead atoms. The van der Waals surface area contributed by atoms with Gasteiger partial charge in [0.15, 0.2) is 5.65 Å². The number of aromatic nitrogens is 3. The number of benzene rings is 2. The van der Waals surface area contributed by atoms with Crippen LogP contribution >= 0.6 is 0 Å². The summed E-state index contributed by atoms with van der Waals surface area (Å²) in [6.07, 6.45) is 0.341. The molecule has 0 atom stereocenters. The van der Waals surface area contributed by atoms with Gasteiger partial charge >= 0.3 is 0 Å². The van der Waals surface area contributed by atoms with Gasteiger partial charge < -0.3 is 11.1 Å². The molecule has 30 heavy (non-hydrogen) atoms. The number of H-pyrrole nitrogens is 1. The number of nitrogens with two attached hydrogens (primary N) is 1. The second-order valence-corrected chi connectivity index (χ2v) is 8.43. The molecule has 0 aliphatic rings. The van der Waals surface area contributed by atoms with Gasteiger partial charge in [-0.1, -0.05) is 63.2 Å². The first kappa shape index (κ1) is 19.6. The standard InChI is InChI=1S/C24H25N5O/c1-24(2,3)19-14-18(21-22(25)28-29-23(21)27-19)16-9-11-17(12-10-16)26-20(30)13-15-7-5-4-6-8-15/h4-12,14H,13H2,1-3H3,(H,26,30)(H3,25,27,28,29). The Labute approximate surface area is 175 Å². The topological polar surface area (TPSA) is 96.7 Å². The summed E-state index contributed by atoms with van der Waals surface area (Å²) in [5.74, 6) is 0.447. The van der Waals surface area contributed by atoms with Crippen molar-refractivity contribution in [2.24, 2.45) is 0 Å². The molecule has 0 fully saturated rings. The quantitative estimate of drug-likeness (QED) is 0.464. The summed E-state index contributed by atoms with van der Waals surface area (Å²) in [5.41, 5.74) is 11.2. The van der Waals surface area contributed by atoms with Gasteiger partial charge in [0.1, 0.15) is 5.82 Å². The largest absolute Gasteiger partial charge is 0.383 e. The maximum absolute atomic E-state index is 12.3. The van der Waals surface area contributed by atoms with Crippen molar-refractivity contribution in [3.63, 3.8) is 0 Å². The molecule has 0 aliphatic carbocycles. The number of nitrogens with one attached hydrogen (secondary N) is 2. The number of aromatic amines is 1. The number of hydrogen-bond donors (Lipinski definition) is 3. The molecule has 6 heteroatoms. The molecule has 0 radical (unpaired) electrons. The van der Waals surface area contributed by atoms with Crippen LogP contribution in [0.4, 0.5) is 11.5 Å². The molecule has 152 valence electrons. The Balaban J connectivity index is 1.62. The minimum absolute atomic E-state index is 0.0469. The fourth-order valence-electron chi connectivity index (χ4n) is 3.38. The lowest BCUT2D eigenvalue weighted by molar-refractivity contribution is -0.115. The molecular formula is C24H25N5O. The van der Waals surface area contributed by atoms with Crippen LogP contribution in [0.5, 0.6) is 0 Å². The van der Waals surface area contributed by atoms with E-state index in [1.165, 1.54) is 0 Å². The molecule has 2 heterocycles. The van der Waals surface area contributed by atoms with E-state index in [1.54, 1.807) is 0 Å². The first-order chi connectivity index (χ1) is 14.3. The lowest BCUT2D eigenvalue weighted by Crippen LogP contribution is -2.14. The minimum atomic E-state index is -0.123. The van der Waals surface area contributed by atoms with E-state index < -0.39 is 0 Å². The van der Waals surface area contributed by atoms with E-state index in [9.17, 15) is 4.79 Å². The average molecular weight is 399 g/mol. The van der Waals surface area contributed by atoms with E-state index in [1.807, 2.05) is 54.6 Å². The van der Waals surface area contributed by atoms with Crippen LogP contribution in [0.1, 0.15) is 32.0 Å². The molecule has 0 spiro atoms. The summed E-state index contributed by atoms with van der Waals surface area (Å²) in [4.78, 5) is 17.0. The number of pyridine rings is 1. The monoisotopic (exact) mass is 399 g/mol. The molecule has 4 aromatic rings. The Morgan fingerprint density at radius 2 is 1.77 bits per heavy atom. The molecule has 2 aromatic carbocycles. The Morgan fingerprint density at radius 1 is 1.07 bits per heavy atom. The lowest BCUT2D eigenvalue weighted by atomic mass is 9.89. The third kappa shape index (κ3) is 4.03. The second-order valence-electron chi connectivity index (χ2n) is 8.43. The third-order valence-electron chi connectivity index (χ3n) is 5.01. The number of hydrogen-bond acceptors (Lipinski definition) is 4. The molecule has 0 saturated heterocycles. The number of anilines is 2. The van der Waals surface area contributed by atoms with Gasteiger partial charge in [0.2, 0.25) is 5.91 Å². The Hall–Kier alpha value is -3.67. The highest BCUT2D eigenvalue weighted by Crippen LogP contribution is 2.34. The van der Waals surface area contributed by atoms with Crippen molar-refractivity contribution in [2.45, 2.75) is 32.6 Å². The zero-order valence-corrected chi connectivity index (χ0v) is 17.4. The normalized spacial score (nSPS) is 11.6. The molecule has 6 nitrogen and oxygen atoms in total. The van der Waals surface area contributed by atoms with Crippen molar-refractivity contribution in [3.05, 3.63) is 71.9 Å². The number of fused-ring (bicyclic) bond motifs is 1. The van der Waals surface area contributed by atoms with Crippen LogP contribution in [0, 0.1) is 0 Å². The van der Waals surface area contributed by atoms with Gasteiger partial charge in [-0.05, 0) is 34.9 Å². The van der Waals surface area contributed by atoms with Gasteiger partial charge in [-0.3, -0.25) is 9.89 Å². The highest BCUT2D eigenvalue weighted by atomic mass is 16.1. The summed E-state index contributed by atoms with van der Waals surface area (Å²) in [7, 11) is 0. The van der Waals surface area contributed by atoms with E-state index in [0.29, 0.717) is 17.9 Å². The summed E-state index contributed by atoms with van der Waals surface area (Å²) in [6, 6.07) is 19.5. The molecule has 2 aromatic heterocycles. The van der Waals surface area contributed by atoms with Crippen LogP contribution < -0.4 is 11.1 Å². The van der Waals surface area contributed by atoms with E-state index in [-0.39, 0.29) is 11.3 Å². The van der Waals surface area contributed by atoms with E-state index in [2.05, 4.69) is 47.3 Å². The maximum atomic E-state index is 12.3. The van der Waals surface area contributed by atoms with Crippen molar-refractivity contribution >= 4 is 28.4 Å². The van der Waals surface area contributed by atoms with Gasteiger partial charge in [0.25, 0.3) is 0 Å². The van der Waals surface area contributed by atoms with Crippen LogP contribution in [0.15, 0.2) is 60.7 Å². The zero-order chi connectivity index (χ0) is 21.3. The van der Waals surface area contributed by atoms with E-state index >= 15 is 0 Å². The second kappa shape index (κ2) is 7.63. The maximum Gasteiger partial charge on any atom is 0.228 e.